The summed E-state index contributed by atoms with van der Waals surface area (Å²) in [5.41, 5.74) is -2.22. The monoisotopic (exact) mass is 364 g/mol. The van der Waals surface area contributed by atoms with E-state index < -0.39 is 40.7 Å². The highest BCUT2D eigenvalue weighted by atomic mass is 19.4. The first-order chi connectivity index (χ1) is 11.7. The molecule has 1 rings (SSSR count). The quantitative estimate of drug-likeness (QED) is 0.645. The number of amides is 3. The number of urea groups is 1. The van der Waals surface area contributed by atoms with Crippen LogP contribution in [0.4, 0.5) is 18.0 Å². The predicted octanol–water partition coefficient (Wildman–Crippen LogP) is 2.29. The van der Waals surface area contributed by atoms with E-state index in [4.69, 9.17) is 4.74 Å². The van der Waals surface area contributed by atoms with E-state index in [1.54, 1.807) is 12.2 Å². The lowest BCUT2D eigenvalue weighted by molar-refractivity contribution is -0.138. The van der Waals surface area contributed by atoms with Gasteiger partial charge in [-0.3, -0.25) is 10.1 Å². The number of carbonyl (C=O) groups excluding carboxylic acids is 2. The molecule has 3 N–H and O–H groups in total. The number of halogens is 3. The Hall–Kier alpha value is -2.49. The molecule has 0 radical (unpaired) electrons. The van der Waals surface area contributed by atoms with Crippen molar-refractivity contribution in [1.29, 1.82) is 0 Å². The number of carbonyl (C=O) groups is 2. The van der Waals surface area contributed by atoms with Gasteiger partial charge in [0.05, 0.1) is 18.2 Å². The fourth-order valence-corrected chi connectivity index (χ4v) is 1.89. The van der Waals surface area contributed by atoms with E-state index in [1.807, 2.05) is 0 Å². The van der Waals surface area contributed by atoms with Crippen molar-refractivity contribution in [3.63, 3.8) is 0 Å². The number of imide groups is 1. The molecule has 140 valence electrons. The van der Waals surface area contributed by atoms with E-state index in [2.05, 4.69) is 10.1 Å². The first kappa shape index (κ1) is 20.6. The predicted molar refractivity (Wildman–Crippen MR) is 81.6 cm³/mol. The molecule has 0 aromatic heterocycles. The molecule has 0 fully saturated rings. The van der Waals surface area contributed by atoms with Crippen molar-refractivity contribution < 1.29 is 37.3 Å². The molecule has 0 atom stereocenters. The Labute approximate surface area is 142 Å². The van der Waals surface area contributed by atoms with Crippen LogP contribution in [-0.4, -0.2) is 43.9 Å². The van der Waals surface area contributed by atoms with Crippen molar-refractivity contribution in [2.24, 2.45) is 0 Å². The Morgan fingerprint density at radius 1 is 1.28 bits per heavy atom. The number of phenols is 1. The van der Waals surface area contributed by atoms with Gasteiger partial charge in [-0.05, 0) is 25.5 Å². The van der Waals surface area contributed by atoms with E-state index >= 15 is 0 Å². The third-order valence-electron chi connectivity index (χ3n) is 3.05. The molecule has 0 heterocycles. The lowest BCUT2D eigenvalue weighted by Crippen LogP contribution is -2.40. The standard InChI is InChI=1S/C15H19F3N2O5/c1-3-25-6-4-5-19-14(23)20-13(22)9-7-11(21)12(24-2)8-10(9)15(16,17)18/h7-8,21H,3-6H2,1-2H3,(H2,19,20,22,23). The maximum absolute atomic E-state index is 13.1. The number of alkyl halides is 3. The van der Waals surface area contributed by atoms with Crippen LogP contribution in [0.25, 0.3) is 0 Å². The maximum atomic E-state index is 13.1. The molecule has 10 heteroatoms. The first-order valence-electron chi connectivity index (χ1n) is 7.35. The third-order valence-corrected chi connectivity index (χ3v) is 3.05. The average Bonchev–Trinajstić information content (AvgIpc) is 2.53. The van der Waals surface area contributed by atoms with Crippen molar-refractivity contribution in [1.82, 2.24) is 10.6 Å². The molecule has 0 unspecified atom stereocenters. The summed E-state index contributed by atoms with van der Waals surface area (Å²) in [6.07, 6.45) is -4.39. The van der Waals surface area contributed by atoms with Crippen molar-refractivity contribution in [2.75, 3.05) is 26.9 Å². The van der Waals surface area contributed by atoms with Gasteiger partial charge in [-0.1, -0.05) is 0 Å². The summed E-state index contributed by atoms with van der Waals surface area (Å²) in [5, 5.41) is 13.7. The second kappa shape index (κ2) is 9.11. The number of phenolic OH excluding ortho intramolecular Hbond substituents is 1. The van der Waals surface area contributed by atoms with Crippen LogP contribution in [0, 0.1) is 0 Å². The molecule has 1 aromatic carbocycles. The largest absolute Gasteiger partial charge is 0.504 e. The van der Waals surface area contributed by atoms with Crippen molar-refractivity contribution in [3.8, 4) is 11.5 Å². The highest BCUT2D eigenvalue weighted by Crippen LogP contribution is 2.38. The van der Waals surface area contributed by atoms with Gasteiger partial charge < -0.3 is 19.9 Å². The van der Waals surface area contributed by atoms with Gasteiger partial charge in [-0.2, -0.15) is 13.2 Å². The maximum Gasteiger partial charge on any atom is 0.417 e. The van der Waals surface area contributed by atoms with Crippen LogP contribution >= 0.6 is 0 Å². The lowest BCUT2D eigenvalue weighted by Gasteiger charge is -2.15. The topological polar surface area (TPSA) is 96.9 Å². The molecule has 3 amide bonds. The smallest absolute Gasteiger partial charge is 0.417 e. The van der Waals surface area contributed by atoms with Gasteiger partial charge >= 0.3 is 12.2 Å². The molecule has 25 heavy (non-hydrogen) atoms. The third kappa shape index (κ3) is 6.14. The molecule has 0 aliphatic heterocycles. The number of hydrogen-bond acceptors (Lipinski definition) is 5. The fourth-order valence-electron chi connectivity index (χ4n) is 1.89. The fraction of sp³-hybridized carbons (Fsp3) is 0.467. The van der Waals surface area contributed by atoms with Gasteiger partial charge in [0.15, 0.2) is 11.5 Å². The molecule has 0 bridgehead atoms. The van der Waals surface area contributed by atoms with Crippen LogP contribution < -0.4 is 15.4 Å². The summed E-state index contributed by atoms with van der Waals surface area (Å²) in [4.78, 5) is 23.5. The van der Waals surface area contributed by atoms with Gasteiger partial charge in [0, 0.05) is 19.8 Å². The van der Waals surface area contributed by atoms with Crippen LogP contribution in [0.1, 0.15) is 29.3 Å². The second-order valence-electron chi connectivity index (χ2n) is 4.83. The zero-order chi connectivity index (χ0) is 19.0. The molecule has 0 aliphatic carbocycles. The summed E-state index contributed by atoms with van der Waals surface area (Å²) in [5.74, 6) is -2.39. The Balaban J connectivity index is 2.83. The summed E-state index contributed by atoms with van der Waals surface area (Å²) < 4.78 is 48.9. The molecule has 7 nitrogen and oxygen atoms in total. The number of aromatic hydroxyl groups is 1. The highest BCUT2D eigenvalue weighted by Gasteiger charge is 2.37. The van der Waals surface area contributed by atoms with Crippen molar-refractivity contribution >= 4 is 11.9 Å². The van der Waals surface area contributed by atoms with E-state index in [9.17, 15) is 27.9 Å². The van der Waals surface area contributed by atoms with Gasteiger partial charge in [0.1, 0.15) is 0 Å². The summed E-state index contributed by atoms with van der Waals surface area (Å²) >= 11 is 0. The Morgan fingerprint density at radius 3 is 2.52 bits per heavy atom. The van der Waals surface area contributed by atoms with Crippen LogP contribution in [-0.2, 0) is 10.9 Å². The summed E-state index contributed by atoms with van der Waals surface area (Å²) in [7, 11) is 1.07. The van der Waals surface area contributed by atoms with E-state index in [-0.39, 0.29) is 6.54 Å². The molecule has 0 saturated carbocycles. The van der Waals surface area contributed by atoms with Crippen LogP contribution in [0.2, 0.25) is 0 Å². The lowest BCUT2D eigenvalue weighted by atomic mass is 10.0. The van der Waals surface area contributed by atoms with E-state index in [0.717, 1.165) is 7.11 Å². The highest BCUT2D eigenvalue weighted by molar-refractivity contribution is 6.05. The van der Waals surface area contributed by atoms with E-state index in [0.29, 0.717) is 31.8 Å². The summed E-state index contributed by atoms with van der Waals surface area (Å²) in [6, 6.07) is 0.133. The minimum absolute atomic E-state index is 0.180. The molecular weight excluding hydrogens is 345 g/mol. The van der Waals surface area contributed by atoms with Crippen molar-refractivity contribution in [2.45, 2.75) is 19.5 Å². The molecular formula is C15H19F3N2O5. The SMILES string of the molecule is CCOCCCNC(=O)NC(=O)c1cc(O)c(OC)cc1C(F)(F)F. The van der Waals surface area contributed by atoms with Crippen LogP contribution in [0.15, 0.2) is 12.1 Å². The van der Waals surface area contributed by atoms with Crippen LogP contribution in [0.3, 0.4) is 0 Å². The number of benzene rings is 1. The number of ether oxygens (including phenoxy) is 2. The van der Waals surface area contributed by atoms with Gasteiger partial charge in [0.2, 0.25) is 0 Å². The minimum Gasteiger partial charge on any atom is -0.504 e. The normalized spacial score (nSPS) is 11.1. The Kier molecular flexibility index (Phi) is 7.49. The number of methoxy groups -OCH3 is 1. The van der Waals surface area contributed by atoms with Crippen molar-refractivity contribution in [3.05, 3.63) is 23.3 Å². The molecule has 1 aromatic rings. The minimum atomic E-state index is -4.87. The van der Waals surface area contributed by atoms with E-state index in [1.165, 1.54) is 0 Å². The molecule has 0 spiro atoms. The molecule has 0 aliphatic rings. The van der Waals surface area contributed by atoms with Gasteiger partial charge in [0.25, 0.3) is 5.91 Å². The average molecular weight is 364 g/mol. The van der Waals surface area contributed by atoms with Gasteiger partial charge in [-0.25, -0.2) is 4.79 Å². The Morgan fingerprint density at radius 2 is 1.96 bits per heavy atom. The number of hydrogen-bond donors (Lipinski definition) is 3. The number of rotatable bonds is 7. The van der Waals surface area contributed by atoms with Crippen LogP contribution in [0.5, 0.6) is 11.5 Å². The summed E-state index contributed by atoms with van der Waals surface area (Å²) in [6.45, 7) is 2.90. The zero-order valence-electron chi connectivity index (χ0n) is 13.7. The Bertz CT molecular complexity index is 620. The zero-order valence-corrected chi connectivity index (χ0v) is 13.7. The second-order valence-corrected chi connectivity index (χ2v) is 4.83. The number of nitrogens with one attached hydrogen (secondary N) is 2. The first-order valence-corrected chi connectivity index (χ1v) is 7.35. The van der Waals surface area contributed by atoms with Gasteiger partial charge in [-0.15, -0.1) is 0 Å². The molecule has 0 saturated heterocycles.